The number of aromatic amines is 1. The Morgan fingerprint density at radius 2 is 1.91 bits per heavy atom. The molecule has 0 aliphatic rings. The molecule has 2 rings (SSSR count). The molecule has 0 amide bonds. The molecule has 0 aliphatic carbocycles. The molecule has 0 aliphatic heterocycles. The van der Waals surface area contributed by atoms with E-state index in [1.807, 2.05) is 0 Å². The van der Waals surface area contributed by atoms with Gasteiger partial charge in [0.15, 0.2) is 0 Å². The van der Waals surface area contributed by atoms with E-state index < -0.39 is 0 Å². The summed E-state index contributed by atoms with van der Waals surface area (Å²) in [6.45, 7) is 0. The number of hydrogen-bond donors (Lipinski definition) is 2. The molecule has 0 atom stereocenters. The van der Waals surface area contributed by atoms with Gasteiger partial charge < -0.3 is 5.84 Å². The normalized spacial score (nSPS) is 8.36. The monoisotopic (exact) mass is 153 g/mol. The van der Waals surface area contributed by atoms with Crippen LogP contribution in [0.2, 0.25) is 0 Å². The predicted molar refractivity (Wildman–Crippen MR) is 36.6 cm³/mol. The fraction of sp³-hybridized carbons (Fsp3) is 0. The van der Waals surface area contributed by atoms with Gasteiger partial charge in [-0.15, -0.1) is 5.10 Å². The Morgan fingerprint density at radius 3 is 2.09 bits per heavy atom. The SMILES string of the molecule is Nn1ccnn1.c1cn[nH]n1. The van der Waals surface area contributed by atoms with Gasteiger partial charge in [-0.1, -0.05) is 0 Å². The molecule has 2 heterocycles. The number of hydrogen-bond acceptors (Lipinski definition) is 5. The van der Waals surface area contributed by atoms with Crippen LogP contribution in [-0.4, -0.2) is 30.5 Å². The highest BCUT2D eigenvalue weighted by atomic mass is 15.5. The van der Waals surface area contributed by atoms with Crippen LogP contribution < -0.4 is 5.84 Å². The number of nitrogen functional groups attached to an aromatic ring is 1. The molecule has 7 heteroatoms. The van der Waals surface area contributed by atoms with Crippen molar-refractivity contribution in [1.82, 2.24) is 30.5 Å². The van der Waals surface area contributed by atoms with Crippen LogP contribution >= 0.6 is 0 Å². The fourth-order valence-electron chi connectivity index (χ4n) is 0.384. The molecule has 58 valence electrons. The Balaban J connectivity index is 0.000000112. The van der Waals surface area contributed by atoms with Crippen molar-refractivity contribution in [3.05, 3.63) is 24.8 Å². The van der Waals surface area contributed by atoms with Crippen molar-refractivity contribution in [1.29, 1.82) is 0 Å². The summed E-state index contributed by atoms with van der Waals surface area (Å²) in [6.07, 6.45) is 6.24. The third kappa shape index (κ3) is 2.94. The first kappa shape index (κ1) is 7.19. The Hall–Kier alpha value is -1.92. The van der Waals surface area contributed by atoms with Crippen molar-refractivity contribution in [3.8, 4) is 0 Å². The largest absolute Gasteiger partial charge is 0.322 e. The molecule has 11 heavy (non-hydrogen) atoms. The summed E-state index contributed by atoms with van der Waals surface area (Å²) < 4.78 is 0. The zero-order valence-electron chi connectivity index (χ0n) is 5.62. The van der Waals surface area contributed by atoms with Gasteiger partial charge in [-0.25, -0.2) is 0 Å². The molecule has 0 bridgehead atoms. The van der Waals surface area contributed by atoms with Crippen molar-refractivity contribution < 1.29 is 0 Å². The zero-order chi connectivity index (χ0) is 7.94. The second kappa shape index (κ2) is 3.99. The molecule has 0 fully saturated rings. The number of aromatic nitrogens is 6. The van der Waals surface area contributed by atoms with Gasteiger partial charge in [0.1, 0.15) is 0 Å². The van der Waals surface area contributed by atoms with E-state index in [9.17, 15) is 0 Å². The average Bonchev–Trinajstić information content (AvgIpc) is 2.57. The van der Waals surface area contributed by atoms with Gasteiger partial charge in [-0.3, -0.25) is 0 Å². The van der Waals surface area contributed by atoms with E-state index in [0.29, 0.717) is 0 Å². The highest BCUT2D eigenvalue weighted by Crippen LogP contribution is 1.62. The lowest BCUT2D eigenvalue weighted by atomic mass is 11.0. The fourth-order valence-corrected chi connectivity index (χ4v) is 0.384. The molecule has 0 spiro atoms. The highest BCUT2D eigenvalue weighted by Gasteiger charge is 1.71. The van der Waals surface area contributed by atoms with E-state index in [2.05, 4.69) is 25.7 Å². The lowest BCUT2D eigenvalue weighted by Gasteiger charge is -1.76. The van der Waals surface area contributed by atoms with Crippen molar-refractivity contribution >= 4 is 0 Å². The van der Waals surface area contributed by atoms with Gasteiger partial charge >= 0.3 is 0 Å². The number of rotatable bonds is 0. The number of H-pyrrole nitrogens is 1. The Labute approximate surface area is 62.2 Å². The molecular formula is C4H7N7. The van der Waals surface area contributed by atoms with Crippen LogP contribution in [0.15, 0.2) is 24.8 Å². The summed E-state index contributed by atoms with van der Waals surface area (Å²) in [5, 5.41) is 16.1. The van der Waals surface area contributed by atoms with Crippen LogP contribution in [0.3, 0.4) is 0 Å². The first-order chi connectivity index (χ1) is 5.39. The number of nitrogens with two attached hydrogens (primary N) is 1. The molecule has 2 aromatic heterocycles. The lowest BCUT2D eigenvalue weighted by Crippen LogP contribution is -2.07. The van der Waals surface area contributed by atoms with Crippen molar-refractivity contribution in [2.45, 2.75) is 0 Å². The quantitative estimate of drug-likeness (QED) is 0.463. The summed E-state index contributed by atoms with van der Waals surface area (Å²) in [5.74, 6) is 5.02. The van der Waals surface area contributed by atoms with E-state index in [1.165, 1.54) is 6.20 Å². The molecule has 0 saturated heterocycles. The minimum atomic E-state index is 1.14. The Bertz CT molecular complexity index is 229. The molecule has 2 aromatic rings. The number of nitrogens with zero attached hydrogens (tertiary/aromatic N) is 5. The van der Waals surface area contributed by atoms with E-state index in [4.69, 9.17) is 5.84 Å². The Kier molecular flexibility index (Phi) is 2.61. The first-order valence-corrected chi connectivity index (χ1v) is 2.80. The first-order valence-electron chi connectivity index (χ1n) is 2.80. The smallest absolute Gasteiger partial charge is 0.0715 e. The summed E-state index contributed by atoms with van der Waals surface area (Å²) >= 11 is 0. The molecule has 0 aromatic carbocycles. The van der Waals surface area contributed by atoms with Crippen LogP contribution in [0.4, 0.5) is 0 Å². The van der Waals surface area contributed by atoms with Crippen LogP contribution in [0.1, 0.15) is 0 Å². The van der Waals surface area contributed by atoms with E-state index in [-0.39, 0.29) is 0 Å². The van der Waals surface area contributed by atoms with Crippen LogP contribution in [-0.2, 0) is 0 Å². The van der Waals surface area contributed by atoms with Gasteiger partial charge in [-0.05, 0) is 5.21 Å². The zero-order valence-corrected chi connectivity index (χ0v) is 5.62. The third-order valence-electron chi connectivity index (χ3n) is 0.772. The van der Waals surface area contributed by atoms with Crippen molar-refractivity contribution in [2.75, 3.05) is 5.84 Å². The van der Waals surface area contributed by atoms with Gasteiger partial charge in [0.25, 0.3) is 0 Å². The lowest BCUT2D eigenvalue weighted by molar-refractivity contribution is 0.765. The maximum absolute atomic E-state index is 5.02. The molecule has 0 saturated carbocycles. The van der Waals surface area contributed by atoms with Crippen LogP contribution in [0, 0.1) is 0 Å². The summed E-state index contributed by atoms with van der Waals surface area (Å²) in [5.41, 5.74) is 0. The molecule has 0 unspecified atom stereocenters. The summed E-state index contributed by atoms with van der Waals surface area (Å²) in [6, 6.07) is 0. The molecule has 7 nitrogen and oxygen atoms in total. The predicted octanol–water partition coefficient (Wildman–Crippen LogP) is -1.20. The third-order valence-corrected chi connectivity index (χ3v) is 0.772. The topological polar surface area (TPSA) is 98.3 Å². The second-order valence-electron chi connectivity index (χ2n) is 1.54. The standard InChI is InChI=1S/C2H4N4.C2H3N3/c3-6-2-1-4-5-6;1-2-4-5-3-1/h1-2H,3H2;1-2H,(H,3,4,5). The second-order valence-corrected chi connectivity index (χ2v) is 1.54. The van der Waals surface area contributed by atoms with E-state index in [0.717, 1.165) is 4.79 Å². The van der Waals surface area contributed by atoms with Gasteiger partial charge in [0.05, 0.1) is 24.8 Å². The minimum Gasteiger partial charge on any atom is -0.322 e. The molecule has 0 radical (unpaired) electrons. The minimum absolute atomic E-state index is 1.14. The molecular weight excluding hydrogens is 146 g/mol. The van der Waals surface area contributed by atoms with Gasteiger partial charge in [0, 0.05) is 0 Å². The Morgan fingerprint density at radius 1 is 1.18 bits per heavy atom. The number of nitrogens with one attached hydrogen (secondary N) is 1. The van der Waals surface area contributed by atoms with E-state index in [1.54, 1.807) is 18.6 Å². The van der Waals surface area contributed by atoms with Crippen molar-refractivity contribution in [2.24, 2.45) is 0 Å². The average molecular weight is 153 g/mol. The van der Waals surface area contributed by atoms with Crippen LogP contribution in [0.5, 0.6) is 0 Å². The van der Waals surface area contributed by atoms with Crippen molar-refractivity contribution in [3.63, 3.8) is 0 Å². The van der Waals surface area contributed by atoms with Gasteiger partial charge in [-0.2, -0.15) is 20.2 Å². The van der Waals surface area contributed by atoms with Crippen LogP contribution in [0.25, 0.3) is 0 Å². The highest BCUT2D eigenvalue weighted by molar-refractivity contribution is 4.61. The van der Waals surface area contributed by atoms with Gasteiger partial charge in [0.2, 0.25) is 0 Å². The maximum Gasteiger partial charge on any atom is 0.0715 e. The molecule has 3 N–H and O–H groups in total. The van der Waals surface area contributed by atoms with E-state index >= 15 is 0 Å². The summed E-state index contributed by atoms with van der Waals surface area (Å²) in [7, 11) is 0. The maximum atomic E-state index is 5.02. The summed E-state index contributed by atoms with van der Waals surface area (Å²) in [4.78, 5) is 1.14.